The van der Waals surface area contributed by atoms with Crippen molar-refractivity contribution < 1.29 is 9.57 Å². The number of hydrogen-bond acceptors (Lipinski definition) is 4. The van der Waals surface area contributed by atoms with Crippen LogP contribution in [0.1, 0.15) is 6.42 Å². The first kappa shape index (κ1) is 13.7. The van der Waals surface area contributed by atoms with Crippen molar-refractivity contribution in [1.29, 1.82) is 0 Å². The first-order valence-electron chi connectivity index (χ1n) is 3.61. The van der Waals surface area contributed by atoms with Crippen LogP contribution in [0.3, 0.4) is 0 Å². The highest BCUT2D eigenvalue weighted by atomic mass is 16.9. The molecule has 0 saturated heterocycles. The lowest BCUT2D eigenvalue weighted by atomic mass is 10.4. The van der Waals surface area contributed by atoms with Crippen molar-refractivity contribution in [3.8, 4) is 0 Å². The maximum atomic E-state index is 8.25. The van der Waals surface area contributed by atoms with Crippen molar-refractivity contribution in [2.75, 3.05) is 34.2 Å². The molecule has 0 aliphatic heterocycles. The van der Waals surface area contributed by atoms with Crippen molar-refractivity contribution in [2.45, 2.75) is 6.42 Å². The molecule has 0 spiro atoms. The van der Waals surface area contributed by atoms with Gasteiger partial charge in [0, 0.05) is 6.42 Å². The second-order valence-electron chi connectivity index (χ2n) is 3.38. The topological polar surface area (TPSA) is 92.2 Å². The van der Waals surface area contributed by atoms with Gasteiger partial charge in [-0.2, -0.15) is 0 Å². The molecule has 0 heterocycles. The molecule has 0 aliphatic carbocycles. The second-order valence-corrected chi connectivity index (χ2v) is 3.38. The van der Waals surface area contributed by atoms with Crippen LogP contribution in [0, 0.1) is 15.3 Å². The average molecular weight is 179 g/mol. The van der Waals surface area contributed by atoms with Gasteiger partial charge in [0.05, 0.1) is 32.8 Å². The minimum Gasteiger partial charge on any atom is -0.356 e. The molecule has 0 atom stereocenters. The molecular formula is C6H17N3O3. The van der Waals surface area contributed by atoms with Gasteiger partial charge >= 0.3 is 0 Å². The number of rotatable bonds is 3. The van der Waals surface area contributed by atoms with Gasteiger partial charge in [-0.15, -0.1) is 0 Å². The van der Waals surface area contributed by atoms with Crippen molar-refractivity contribution in [1.82, 2.24) is 0 Å². The highest BCUT2D eigenvalue weighted by Crippen LogP contribution is 1.90. The van der Waals surface area contributed by atoms with E-state index in [1.165, 1.54) is 6.54 Å². The Morgan fingerprint density at radius 1 is 1.33 bits per heavy atom. The summed E-state index contributed by atoms with van der Waals surface area (Å²) in [6.45, 7) is 1.99. The predicted octanol–water partition coefficient (Wildman–Crippen LogP) is -0.198. The van der Waals surface area contributed by atoms with E-state index < -0.39 is 5.09 Å². The monoisotopic (exact) mass is 179 g/mol. The molecule has 0 saturated carbocycles. The molecule has 74 valence electrons. The van der Waals surface area contributed by atoms with Crippen LogP contribution < -0.4 is 5.73 Å². The molecule has 0 aromatic heterocycles. The van der Waals surface area contributed by atoms with E-state index in [0.717, 1.165) is 17.4 Å². The lowest BCUT2D eigenvalue weighted by Gasteiger charge is -2.23. The summed E-state index contributed by atoms with van der Waals surface area (Å²) in [6, 6.07) is 0. The molecule has 0 aliphatic rings. The maximum Gasteiger partial charge on any atom is 0.0792 e. The third-order valence-electron chi connectivity index (χ3n) is 1.03. The summed E-state index contributed by atoms with van der Waals surface area (Å²) in [5.41, 5.74) is 5.33. The van der Waals surface area contributed by atoms with Crippen LogP contribution in [-0.2, 0) is 0 Å². The molecule has 0 rings (SSSR count). The highest BCUT2D eigenvalue weighted by Gasteiger charge is 2.03. The molecular weight excluding hydrogens is 162 g/mol. The van der Waals surface area contributed by atoms with Gasteiger partial charge in [0.1, 0.15) is 0 Å². The van der Waals surface area contributed by atoms with Gasteiger partial charge in [0.2, 0.25) is 0 Å². The van der Waals surface area contributed by atoms with E-state index in [2.05, 4.69) is 21.1 Å². The molecule has 0 bridgehead atoms. The largest absolute Gasteiger partial charge is 0.356 e. The van der Waals surface area contributed by atoms with Crippen LogP contribution in [0.25, 0.3) is 0 Å². The van der Waals surface area contributed by atoms with Crippen LogP contribution in [-0.4, -0.2) is 43.8 Å². The third kappa shape index (κ3) is 35.4. The Hall–Kier alpha value is -0.880. The maximum absolute atomic E-state index is 8.25. The standard InChI is InChI=1S/C6H17N2.NO3/c1-8(2,3)6-4-5-7;2-1(3)4/h4-7H2,1-3H3;/q+1;-1. The fraction of sp³-hybridized carbons (Fsp3) is 1.00. The van der Waals surface area contributed by atoms with Gasteiger partial charge < -0.3 is 25.5 Å². The summed E-state index contributed by atoms with van der Waals surface area (Å²) in [5.74, 6) is 0. The average Bonchev–Trinajstić information content (AvgIpc) is 1.80. The molecule has 0 aromatic carbocycles. The SMILES string of the molecule is C[N+](C)(C)CCCN.O=[N+]([O-])[O-]. The minimum atomic E-state index is -1.75. The molecule has 6 nitrogen and oxygen atoms in total. The molecule has 0 fully saturated rings. The van der Waals surface area contributed by atoms with E-state index in [-0.39, 0.29) is 0 Å². The minimum absolute atomic E-state index is 0.815. The number of quaternary nitrogens is 1. The van der Waals surface area contributed by atoms with Crippen molar-refractivity contribution in [2.24, 2.45) is 5.73 Å². The quantitative estimate of drug-likeness (QED) is 0.369. The zero-order valence-electron chi connectivity index (χ0n) is 7.82. The molecule has 2 N–H and O–H groups in total. The van der Waals surface area contributed by atoms with E-state index in [4.69, 9.17) is 21.1 Å². The van der Waals surface area contributed by atoms with Crippen molar-refractivity contribution in [3.05, 3.63) is 15.3 Å². The van der Waals surface area contributed by atoms with Crippen molar-refractivity contribution >= 4 is 0 Å². The number of nitrogens with zero attached hydrogens (tertiary/aromatic N) is 2. The molecule has 6 heteroatoms. The van der Waals surface area contributed by atoms with Gasteiger partial charge in [0.25, 0.3) is 0 Å². The first-order valence-corrected chi connectivity index (χ1v) is 3.61. The van der Waals surface area contributed by atoms with Crippen LogP contribution in [0.5, 0.6) is 0 Å². The van der Waals surface area contributed by atoms with E-state index in [0.29, 0.717) is 0 Å². The van der Waals surface area contributed by atoms with Crippen LogP contribution >= 0.6 is 0 Å². The Kier molecular flexibility index (Phi) is 7.77. The van der Waals surface area contributed by atoms with Gasteiger partial charge in [-0.1, -0.05) is 0 Å². The van der Waals surface area contributed by atoms with Gasteiger partial charge in [-0.3, -0.25) is 0 Å². The molecule has 0 amide bonds. The van der Waals surface area contributed by atoms with E-state index in [1.54, 1.807) is 0 Å². The fourth-order valence-corrected chi connectivity index (χ4v) is 0.566. The Morgan fingerprint density at radius 2 is 1.67 bits per heavy atom. The normalized spacial score (nSPS) is 10.0. The third-order valence-corrected chi connectivity index (χ3v) is 1.03. The summed E-state index contributed by atoms with van der Waals surface area (Å²) < 4.78 is 1.02. The number of hydrogen-bond donors (Lipinski definition) is 1. The van der Waals surface area contributed by atoms with E-state index >= 15 is 0 Å². The van der Waals surface area contributed by atoms with Gasteiger partial charge in [-0.05, 0) is 6.54 Å². The van der Waals surface area contributed by atoms with E-state index in [9.17, 15) is 0 Å². The van der Waals surface area contributed by atoms with Crippen LogP contribution in [0.15, 0.2) is 0 Å². The summed E-state index contributed by atoms with van der Waals surface area (Å²) in [4.78, 5) is 8.25. The van der Waals surface area contributed by atoms with Crippen LogP contribution in [0.4, 0.5) is 0 Å². The Morgan fingerprint density at radius 3 is 1.75 bits per heavy atom. The smallest absolute Gasteiger partial charge is 0.0792 e. The van der Waals surface area contributed by atoms with Crippen LogP contribution in [0.2, 0.25) is 0 Å². The molecule has 0 radical (unpaired) electrons. The summed E-state index contributed by atoms with van der Waals surface area (Å²) in [7, 11) is 6.53. The Bertz CT molecular complexity index is 118. The molecule has 0 aromatic rings. The predicted molar refractivity (Wildman–Crippen MR) is 46.9 cm³/mol. The Balaban J connectivity index is 0. The number of nitrogens with two attached hydrogens (primary N) is 1. The van der Waals surface area contributed by atoms with Gasteiger partial charge in [0.15, 0.2) is 0 Å². The summed E-state index contributed by atoms with van der Waals surface area (Å²) >= 11 is 0. The molecule has 12 heavy (non-hydrogen) atoms. The summed E-state index contributed by atoms with van der Waals surface area (Å²) in [5, 5.41) is 14.8. The van der Waals surface area contributed by atoms with E-state index in [1.807, 2.05) is 0 Å². The fourth-order valence-electron chi connectivity index (χ4n) is 0.566. The van der Waals surface area contributed by atoms with Crippen molar-refractivity contribution in [3.63, 3.8) is 0 Å². The summed E-state index contributed by atoms with van der Waals surface area (Å²) in [6.07, 6.45) is 1.13. The molecule has 0 unspecified atom stereocenters. The van der Waals surface area contributed by atoms with Gasteiger partial charge in [-0.25, -0.2) is 0 Å². The zero-order valence-corrected chi connectivity index (χ0v) is 7.82. The second kappa shape index (κ2) is 6.81. The lowest BCUT2D eigenvalue weighted by Crippen LogP contribution is -2.36. The first-order chi connectivity index (χ1) is 5.29. The lowest BCUT2D eigenvalue weighted by molar-refractivity contribution is -0.870. The Labute approximate surface area is 72.3 Å². The zero-order chi connectivity index (χ0) is 10.2. The highest BCUT2D eigenvalue weighted by molar-refractivity contribution is 4.33.